The highest BCUT2D eigenvalue weighted by molar-refractivity contribution is 7.48. The molecule has 0 aliphatic carbocycles. The predicted molar refractivity (Wildman–Crippen MR) is 41.4 cm³/mol. The Balaban J connectivity index is 3.63. The van der Waals surface area contributed by atoms with Gasteiger partial charge in [0, 0.05) is 0 Å². The molecule has 0 N–H and O–H groups in total. The molecule has 4 heteroatoms. The Bertz CT molecular complexity index is 133. The van der Waals surface area contributed by atoms with E-state index in [0.29, 0.717) is 6.16 Å². The molecule has 0 amide bonds. The summed E-state index contributed by atoms with van der Waals surface area (Å²) in [5, 5.41) is 0. The van der Waals surface area contributed by atoms with Crippen molar-refractivity contribution in [3.8, 4) is 0 Å². The molecule has 3 unspecified atom stereocenters. The van der Waals surface area contributed by atoms with Crippen LogP contribution < -0.4 is 0 Å². The van der Waals surface area contributed by atoms with Crippen LogP contribution in [0.25, 0.3) is 0 Å². The first-order valence-corrected chi connectivity index (χ1v) is 6.49. The monoisotopic (exact) mass is 166 g/mol. The summed E-state index contributed by atoms with van der Waals surface area (Å²) in [7, 11) is -2.23. The van der Waals surface area contributed by atoms with E-state index in [1.54, 1.807) is 13.3 Å². The molecular weight excluding hydrogens is 154 g/mol. The number of hydrogen-bond acceptors (Lipinski definition) is 2. The molecule has 0 aliphatic heterocycles. The van der Waals surface area contributed by atoms with Crippen molar-refractivity contribution in [2.75, 3.05) is 19.5 Å². The Kier molecular flexibility index (Phi) is 4.18. The van der Waals surface area contributed by atoms with E-state index in [1.165, 1.54) is 0 Å². The van der Waals surface area contributed by atoms with Crippen molar-refractivity contribution in [1.82, 2.24) is 0 Å². The smallest absolute Gasteiger partial charge is 0.0750 e. The molecule has 0 heterocycles. The zero-order chi connectivity index (χ0) is 7.44. The Morgan fingerprint density at radius 1 is 1.33 bits per heavy atom. The van der Waals surface area contributed by atoms with E-state index in [9.17, 15) is 9.13 Å². The summed E-state index contributed by atoms with van der Waals surface area (Å²) in [6.07, 6.45) is 0.598. The molecule has 0 saturated carbocycles. The molecule has 0 radical (unpaired) electrons. The lowest BCUT2D eigenvalue weighted by Crippen LogP contribution is -1.97. The van der Waals surface area contributed by atoms with Crippen LogP contribution >= 0.6 is 15.6 Å². The van der Waals surface area contributed by atoms with Gasteiger partial charge in [-0.05, 0) is 6.92 Å². The van der Waals surface area contributed by atoms with Gasteiger partial charge in [0.1, 0.15) is 13.3 Å². The van der Waals surface area contributed by atoms with Crippen LogP contribution in [0.2, 0.25) is 0 Å². The van der Waals surface area contributed by atoms with E-state index < -0.39 is 15.6 Å². The second-order valence-electron chi connectivity index (χ2n) is 2.21. The topological polar surface area (TPSA) is 34.1 Å². The van der Waals surface area contributed by atoms with E-state index in [0.717, 1.165) is 0 Å². The largest absolute Gasteiger partial charge is 0.342 e. The maximum absolute atomic E-state index is 10.7. The molecule has 3 atom stereocenters. The normalized spacial score (nSPS) is 16.8. The van der Waals surface area contributed by atoms with Gasteiger partial charge >= 0.3 is 15.6 Å². The highest BCUT2D eigenvalue weighted by Crippen LogP contribution is 2.29. The molecule has 0 rings (SSSR count). The second kappa shape index (κ2) is 4.09. The van der Waals surface area contributed by atoms with E-state index >= 15 is 0 Å². The first-order valence-electron chi connectivity index (χ1n) is 2.82. The first kappa shape index (κ1) is 9.20. The van der Waals surface area contributed by atoms with E-state index in [2.05, 4.69) is 0 Å². The minimum Gasteiger partial charge on any atom is -0.0750 e. The van der Waals surface area contributed by atoms with Gasteiger partial charge in [-0.3, -0.25) is 0 Å². The zero-order valence-electron chi connectivity index (χ0n) is 6.00. The predicted octanol–water partition coefficient (Wildman–Crippen LogP) is 2.29. The van der Waals surface area contributed by atoms with E-state index in [4.69, 9.17) is 0 Å². The molecular formula is C5H12O2P2+2. The molecule has 0 spiro atoms. The molecule has 9 heavy (non-hydrogen) atoms. The van der Waals surface area contributed by atoms with Crippen LogP contribution in [0, 0.1) is 0 Å². The SMILES string of the molecule is CC(C[P+](C)=O)[P+](C)=O. The number of hydrogen-bond donors (Lipinski definition) is 0. The van der Waals surface area contributed by atoms with Crippen molar-refractivity contribution < 1.29 is 9.13 Å². The highest BCUT2D eigenvalue weighted by atomic mass is 31.1. The fourth-order valence-corrected chi connectivity index (χ4v) is 2.84. The third kappa shape index (κ3) is 4.69. The molecule has 0 aromatic heterocycles. The molecule has 0 aliphatic rings. The van der Waals surface area contributed by atoms with Crippen molar-refractivity contribution >= 4 is 15.6 Å². The van der Waals surface area contributed by atoms with Gasteiger partial charge in [-0.2, -0.15) is 0 Å². The van der Waals surface area contributed by atoms with Gasteiger partial charge in [0.05, 0.1) is 0 Å². The maximum atomic E-state index is 10.7. The number of rotatable bonds is 3. The molecule has 2 nitrogen and oxygen atoms in total. The van der Waals surface area contributed by atoms with Gasteiger partial charge in [0.25, 0.3) is 0 Å². The molecule has 0 aromatic rings. The average molecular weight is 166 g/mol. The Morgan fingerprint density at radius 2 is 1.78 bits per heavy atom. The van der Waals surface area contributed by atoms with Gasteiger partial charge in [-0.1, -0.05) is 9.13 Å². The van der Waals surface area contributed by atoms with Crippen molar-refractivity contribution in [1.29, 1.82) is 0 Å². The quantitative estimate of drug-likeness (QED) is 0.602. The van der Waals surface area contributed by atoms with Crippen LogP contribution in [0.15, 0.2) is 0 Å². The lowest BCUT2D eigenvalue weighted by molar-refractivity contribution is 0.580. The van der Waals surface area contributed by atoms with Crippen LogP contribution in [0.5, 0.6) is 0 Å². The van der Waals surface area contributed by atoms with Crippen molar-refractivity contribution in [2.24, 2.45) is 0 Å². The third-order valence-corrected chi connectivity index (χ3v) is 3.92. The van der Waals surface area contributed by atoms with E-state index in [1.807, 2.05) is 6.92 Å². The van der Waals surface area contributed by atoms with Gasteiger partial charge in [-0.15, -0.1) is 0 Å². The summed E-state index contributed by atoms with van der Waals surface area (Å²) in [6.45, 7) is 5.22. The van der Waals surface area contributed by atoms with Crippen molar-refractivity contribution in [3.05, 3.63) is 0 Å². The van der Waals surface area contributed by atoms with Crippen LogP contribution in [0.4, 0.5) is 0 Å². The van der Waals surface area contributed by atoms with Crippen LogP contribution in [-0.4, -0.2) is 25.2 Å². The Labute approximate surface area is 57.6 Å². The Hall–Kier alpha value is 0.200. The molecule has 0 fully saturated rings. The summed E-state index contributed by atoms with van der Waals surface area (Å²) >= 11 is 0. The van der Waals surface area contributed by atoms with Crippen LogP contribution in [-0.2, 0) is 9.13 Å². The molecule has 0 bridgehead atoms. The van der Waals surface area contributed by atoms with Crippen LogP contribution in [0.1, 0.15) is 6.92 Å². The molecule has 0 aromatic carbocycles. The van der Waals surface area contributed by atoms with Gasteiger partial charge in [0.15, 0.2) is 11.8 Å². The lowest BCUT2D eigenvalue weighted by atomic mass is 10.6. The fourth-order valence-electron chi connectivity index (χ4n) is 0.487. The van der Waals surface area contributed by atoms with Crippen LogP contribution in [0.3, 0.4) is 0 Å². The van der Waals surface area contributed by atoms with Gasteiger partial charge in [0.2, 0.25) is 0 Å². The molecule has 52 valence electrons. The van der Waals surface area contributed by atoms with Crippen molar-refractivity contribution in [3.63, 3.8) is 0 Å². The second-order valence-corrected chi connectivity index (χ2v) is 5.80. The first-order chi connectivity index (χ1) is 4.04. The summed E-state index contributed by atoms with van der Waals surface area (Å²) in [6, 6.07) is 0. The maximum Gasteiger partial charge on any atom is 0.342 e. The summed E-state index contributed by atoms with van der Waals surface area (Å²) in [5.41, 5.74) is 0.119. The van der Waals surface area contributed by atoms with Crippen molar-refractivity contribution in [2.45, 2.75) is 12.6 Å². The fraction of sp³-hybridized carbons (Fsp3) is 1.00. The average Bonchev–Trinajstić information content (AvgIpc) is 1.63. The standard InChI is InChI=1S/C5H12O2P2/c1-5(9(3)7)4-8(2)6/h5H,4H2,1-3H3/q+2. The summed E-state index contributed by atoms with van der Waals surface area (Å²) in [5.74, 6) is 0. The Morgan fingerprint density at radius 3 is 1.89 bits per heavy atom. The lowest BCUT2D eigenvalue weighted by Gasteiger charge is -1.84. The minimum absolute atomic E-state index is 0.119. The van der Waals surface area contributed by atoms with Gasteiger partial charge in [-0.25, -0.2) is 0 Å². The van der Waals surface area contributed by atoms with Gasteiger partial charge < -0.3 is 0 Å². The zero-order valence-corrected chi connectivity index (χ0v) is 7.78. The highest BCUT2D eigenvalue weighted by Gasteiger charge is 2.26. The molecule has 0 saturated heterocycles. The third-order valence-electron chi connectivity index (χ3n) is 1.14. The summed E-state index contributed by atoms with van der Waals surface area (Å²) in [4.78, 5) is 0. The minimum atomic E-state index is -1.13. The van der Waals surface area contributed by atoms with E-state index in [-0.39, 0.29) is 5.66 Å². The summed E-state index contributed by atoms with van der Waals surface area (Å²) < 4.78 is 21.3.